The van der Waals surface area contributed by atoms with Crippen LogP contribution in [0.5, 0.6) is 0 Å². The highest BCUT2D eigenvalue weighted by atomic mass is 16.5. The number of rotatable bonds is 8. The third-order valence-electron chi connectivity index (χ3n) is 3.74. The van der Waals surface area contributed by atoms with Gasteiger partial charge in [-0.05, 0) is 12.5 Å². The fourth-order valence-electron chi connectivity index (χ4n) is 2.31. The highest BCUT2D eigenvalue weighted by Gasteiger charge is 2.22. The van der Waals surface area contributed by atoms with E-state index in [1.807, 2.05) is 30.3 Å². The van der Waals surface area contributed by atoms with Crippen LogP contribution in [0.15, 0.2) is 36.5 Å². The first kappa shape index (κ1) is 17.7. The normalized spacial score (nSPS) is 11.9. The van der Waals surface area contributed by atoms with E-state index in [-0.39, 0.29) is 13.0 Å². The molecule has 1 heterocycles. The lowest BCUT2D eigenvalue weighted by molar-refractivity contribution is -0.139. The molecule has 0 aliphatic rings. The summed E-state index contributed by atoms with van der Waals surface area (Å²) >= 11 is 0. The van der Waals surface area contributed by atoms with Crippen molar-refractivity contribution < 1.29 is 19.4 Å². The monoisotopic (exact) mass is 331 g/mol. The van der Waals surface area contributed by atoms with Crippen LogP contribution in [-0.4, -0.2) is 46.5 Å². The van der Waals surface area contributed by atoms with Crippen molar-refractivity contribution in [3.05, 3.63) is 53.3 Å². The molecule has 1 atom stereocenters. The number of aliphatic carboxylic acids is 1. The number of amides is 1. The van der Waals surface area contributed by atoms with E-state index < -0.39 is 17.9 Å². The van der Waals surface area contributed by atoms with Crippen molar-refractivity contribution in [2.45, 2.75) is 25.9 Å². The van der Waals surface area contributed by atoms with Crippen LogP contribution < -0.4 is 5.32 Å². The number of methoxy groups -OCH3 is 1. The van der Waals surface area contributed by atoms with Gasteiger partial charge in [0.1, 0.15) is 6.04 Å². The Balaban J connectivity index is 2.08. The minimum absolute atomic E-state index is 0.203. The van der Waals surface area contributed by atoms with Crippen molar-refractivity contribution in [1.82, 2.24) is 15.1 Å². The maximum absolute atomic E-state index is 12.3. The van der Waals surface area contributed by atoms with Crippen molar-refractivity contribution >= 4 is 11.9 Å². The molecule has 0 aliphatic carbocycles. The summed E-state index contributed by atoms with van der Waals surface area (Å²) < 4.78 is 6.59. The summed E-state index contributed by atoms with van der Waals surface area (Å²) in [7, 11) is 1.48. The summed E-state index contributed by atoms with van der Waals surface area (Å²) in [5.41, 5.74) is 2.13. The van der Waals surface area contributed by atoms with Gasteiger partial charge in [0.2, 0.25) is 0 Å². The third kappa shape index (κ3) is 4.42. The van der Waals surface area contributed by atoms with Crippen LogP contribution in [0.1, 0.15) is 28.0 Å². The lowest BCUT2D eigenvalue weighted by Gasteiger charge is -2.14. The molecule has 0 radical (unpaired) electrons. The van der Waals surface area contributed by atoms with Gasteiger partial charge in [0.15, 0.2) is 0 Å². The van der Waals surface area contributed by atoms with Crippen LogP contribution in [0.4, 0.5) is 0 Å². The molecule has 1 aromatic heterocycles. The number of nitrogens with one attached hydrogen (secondary N) is 1. The van der Waals surface area contributed by atoms with Crippen LogP contribution in [0.25, 0.3) is 0 Å². The highest BCUT2D eigenvalue weighted by molar-refractivity contribution is 5.97. The Bertz CT molecular complexity index is 697. The quantitative estimate of drug-likeness (QED) is 0.764. The molecule has 7 nitrogen and oxygen atoms in total. The van der Waals surface area contributed by atoms with Gasteiger partial charge in [-0.3, -0.25) is 9.48 Å². The molecule has 0 fully saturated rings. The molecule has 0 saturated heterocycles. The molecule has 1 amide bonds. The summed E-state index contributed by atoms with van der Waals surface area (Å²) in [4.78, 5) is 23.6. The summed E-state index contributed by atoms with van der Waals surface area (Å²) in [6.45, 7) is 2.59. The molecule has 0 saturated carbocycles. The van der Waals surface area contributed by atoms with E-state index in [9.17, 15) is 14.7 Å². The van der Waals surface area contributed by atoms with Crippen LogP contribution in [0.2, 0.25) is 0 Å². The van der Waals surface area contributed by atoms with Crippen LogP contribution in [0, 0.1) is 6.92 Å². The van der Waals surface area contributed by atoms with E-state index in [0.717, 1.165) is 5.56 Å². The number of carboxylic acids is 1. The lowest BCUT2D eigenvalue weighted by atomic mass is 10.1. The summed E-state index contributed by atoms with van der Waals surface area (Å²) in [6.07, 6.45) is 1.66. The SMILES string of the molecule is COCCC(NC(=O)c1cnn(Cc2ccccc2)c1C)C(=O)O. The Kier molecular flexibility index (Phi) is 6.08. The first-order valence-electron chi connectivity index (χ1n) is 7.62. The van der Waals surface area contributed by atoms with Gasteiger partial charge in [0, 0.05) is 25.8 Å². The predicted octanol–water partition coefficient (Wildman–Crippen LogP) is 1.46. The van der Waals surface area contributed by atoms with E-state index in [0.29, 0.717) is 17.8 Å². The molecule has 7 heteroatoms. The Morgan fingerprint density at radius 2 is 2.04 bits per heavy atom. The first-order valence-corrected chi connectivity index (χ1v) is 7.62. The van der Waals surface area contributed by atoms with E-state index in [1.165, 1.54) is 13.3 Å². The number of hydrogen-bond donors (Lipinski definition) is 2. The molecule has 1 unspecified atom stereocenters. The van der Waals surface area contributed by atoms with Crippen molar-refractivity contribution in [2.75, 3.05) is 13.7 Å². The minimum Gasteiger partial charge on any atom is -0.480 e. The molecule has 2 aromatic rings. The zero-order chi connectivity index (χ0) is 17.5. The maximum atomic E-state index is 12.3. The van der Waals surface area contributed by atoms with Crippen LogP contribution in [0.3, 0.4) is 0 Å². The van der Waals surface area contributed by atoms with Gasteiger partial charge in [0.25, 0.3) is 5.91 Å². The van der Waals surface area contributed by atoms with E-state index in [1.54, 1.807) is 11.6 Å². The van der Waals surface area contributed by atoms with Crippen LogP contribution in [-0.2, 0) is 16.1 Å². The van der Waals surface area contributed by atoms with Gasteiger partial charge in [0.05, 0.1) is 18.3 Å². The largest absolute Gasteiger partial charge is 0.480 e. The molecule has 2 rings (SSSR count). The number of carbonyl (C=O) groups excluding carboxylic acids is 1. The number of carboxylic acid groups (broad SMARTS) is 1. The molecule has 0 spiro atoms. The Labute approximate surface area is 140 Å². The highest BCUT2D eigenvalue weighted by Crippen LogP contribution is 2.11. The fraction of sp³-hybridized carbons (Fsp3) is 0.353. The fourth-order valence-corrected chi connectivity index (χ4v) is 2.31. The molecule has 0 aliphatic heterocycles. The van der Waals surface area contributed by atoms with Crippen LogP contribution >= 0.6 is 0 Å². The van der Waals surface area contributed by atoms with Gasteiger partial charge < -0.3 is 15.2 Å². The van der Waals surface area contributed by atoms with Gasteiger partial charge in [-0.25, -0.2) is 4.79 Å². The standard InChI is InChI=1S/C17H21N3O4/c1-12-14(16(21)19-15(17(22)23)8-9-24-2)10-18-20(12)11-13-6-4-3-5-7-13/h3-7,10,15H,8-9,11H2,1-2H3,(H,19,21)(H,22,23). The maximum Gasteiger partial charge on any atom is 0.326 e. The molecule has 24 heavy (non-hydrogen) atoms. The van der Waals surface area contributed by atoms with E-state index in [2.05, 4.69) is 10.4 Å². The smallest absolute Gasteiger partial charge is 0.326 e. The van der Waals surface area contributed by atoms with Gasteiger partial charge in [-0.15, -0.1) is 0 Å². The molecule has 1 aromatic carbocycles. The number of nitrogens with zero attached hydrogens (tertiary/aromatic N) is 2. The summed E-state index contributed by atoms with van der Waals surface area (Å²) in [5.74, 6) is -1.54. The second-order valence-electron chi connectivity index (χ2n) is 5.43. The summed E-state index contributed by atoms with van der Waals surface area (Å²) in [5, 5.41) is 15.9. The van der Waals surface area contributed by atoms with Gasteiger partial charge in [-0.2, -0.15) is 5.10 Å². The zero-order valence-corrected chi connectivity index (χ0v) is 13.7. The topological polar surface area (TPSA) is 93.5 Å². The number of ether oxygens (including phenoxy) is 1. The predicted molar refractivity (Wildman–Crippen MR) is 87.9 cm³/mol. The van der Waals surface area contributed by atoms with Crippen molar-refractivity contribution in [3.8, 4) is 0 Å². The average molecular weight is 331 g/mol. The van der Waals surface area contributed by atoms with Gasteiger partial charge >= 0.3 is 5.97 Å². The molecule has 0 bridgehead atoms. The third-order valence-corrected chi connectivity index (χ3v) is 3.74. The second kappa shape index (κ2) is 8.26. The first-order chi connectivity index (χ1) is 11.5. The van der Waals surface area contributed by atoms with Crippen molar-refractivity contribution in [3.63, 3.8) is 0 Å². The van der Waals surface area contributed by atoms with Gasteiger partial charge in [-0.1, -0.05) is 30.3 Å². The van der Waals surface area contributed by atoms with E-state index >= 15 is 0 Å². The number of aromatic nitrogens is 2. The van der Waals surface area contributed by atoms with Crippen molar-refractivity contribution in [1.29, 1.82) is 0 Å². The second-order valence-corrected chi connectivity index (χ2v) is 5.43. The number of hydrogen-bond acceptors (Lipinski definition) is 4. The number of benzene rings is 1. The van der Waals surface area contributed by atoms with E-state index in [4.69, 9.17) is 4.74 Å². The minimum atomic E-state index is -1.09. The lowest BCUT2D eigenvalue weighted by Crippen LogP contribution is -2.41. The Morgan fingerprint density at radius 3 is 2.67 bits per heavy atom. The number of carbonyl (C=O) groups is 2. The Morgan fingerprint density at radius 1 is 1.33 bits per heavy atom. The zero-order valence-electron chi connectivity index (χ0n) is 13.7. The van der Waals surface area contributed by atoms with Crippen molar-refractivity contribution in [2.24, 2.45) is 0 Å². The molecular weight excluding hydrogens is 310 g/mol. The molecule has 128 valence electrons. The molecular formula is C17H21N3O4. The summed E-state index contributed by atoms with van der Waals surface area (Å²) in [6, 6.07) is 8.78. The molecule has 2 N–H and O–H groups in total. The Hall–Kier alpha value is -2.67. The average Bonchev–Trinajstić information content (AvgIpc) is 2.93.